The van der Waals surface area contributed by atoms with Gasteiger partial charge in [-0.15, -0.1) is 0 Å². The van der Waals surface area contributed by atoms with E-state index in [0.717, 1.165) is 12.1 Å². The molecule has 0 unspecified atom stereocenters. The van der Waals surface area contributed by atoms with Crippen molar-refractivity contribution in [1.29, 1.82) is 0 Å². The molecular formula is C16H14Cl2FN. The zero-order valence-corrected chi connectivity index (χ0v) is 12.3. The highest BCUT2D eigenvalue weighted by Gasteiger charge is 2.20. The molecule has 2 aromatic rings. The van der Waals surface area contributed by atoms with Gasteiger partial charge in [0.15, 0.2) is 0 Å². The number of halogens is 3. The predicted molar refractivity (Wildman–Crippen MR) is 81.7 cm³/mol. The van der Waals surface area contributed by atoms with Crippen LogP contribution in [-0.2, 0) is 6.54 Å². The van der Waals surface area contributed by atoms with Gasteiger partial charge in [-0.1, -0.05) is 29.3 Å². The summed E-state index contributed by atoms with van der Waals surface area (Å²) in [5, 5.41) is 4.46. The Balaban J connectivity index is 1.94. The van der Waals surface area contributed by atoms with Crippen LogP contribution in [0.1, 0.15) is 18.4 Å². The zero-order chi connectivity index (χ0) is 14.1. The molecule has 1 aliphatic rings. The van der Waals surface area contributed by atoms with Gasteiger partial charge >= 0.3 is 0 Å². The molecule has 1 nitrogen and oxygen atoms in total. The maximum atomic E-state index is 14.1. The van der Waals surface area contributed by atoms with Crippen LogP contribution < -0.4 is 5.32 Å². The third-order valence-corrected chi connectivity index (χ3v) is 3.99. The summed E-state index contributed by atoms with van der Waals surface area (Å²) in [5.74, 6) is -0.288. The fourth-order valence-electron chi connectivity index (χ4n) is 2.14. The average Bonchev–Trinajstić information content (AvgIpc) is 3.25. The van der Waals surface area contributed by atoms with Crippen molar-refractivity contribution in [2.75, 3.05) is 0 Å². The molecule has 4 heteroatoms. The van der Waals surface area contributed by atoms with E-state index in [2.05, 4.69) is 5.32 Å². The van der Waals surface area contributed by atoms with E-state index in [0.29, 0.717) is 27.2 Å². The standard InChI is InChI=1S/C16H14Cl2FN/c17-11-2-5-15(18)13(8-11)14-7-10(1-6-16(14)19)9-20-12-3-4-12/h1-2,5-8,12,20H,3-4,9H2. The third kappa shape index (κ3) is 3.14. The first kappa shape index (κ1) is 13.9. The van der Waals surface area contributed by atoms with E-state index in [9.17, 15) is 4.39 Å². The van der Waals surface area contributed by atoms with Crippen LogP contribution in [0, 0.1) is 5.82 Å². The van der Waals surface area contributed by atoms with Crippen LogP contribution in [-0.4, -0.2) is 6.04 Å². The number of rotatable bonds is 4. The van der Waals surface area contributed by atoms with Crippen molar-refractivity contribution in [3.63, 3.8) is 0 Å². The summed E-state index contributed by atoms with van der Waals surface area (Å²) in [6, 6.07) is 10.8. The fraction of sp³-hybridized carbons (Fsp3) is 0.250. The lowest BCUT2D eigenvalue weighted by Crippen LogP contribution is -2.15. The Bertz CT molecular complexity index is 638. The second-order valence-electron chi connectivity index (χ2n) is 5.09. The van der Waals surface area contributed by atoms with Gasteiger partial charge in [0.1, 0.15) is 5.82 Å². The summed E-state index contributed by atoms with van der Waals surface area (Å²) >= 11 is 12.1. The highest BCUT2D eigenvalue weighted by atomic mass is 35.5. The van der Waals surface area contributed by atoms with E-state index >= 15 is 0 Å². The summed E-state index contributed by atoms with van der Waals surface area (Å²) in [4.78, 5) is 0. The highest BCUT2D eigenvalue weighted by Crippen LogP contribution is 2.33. The number of benzene rings is 2. The van der Waals surface area contributed by atoms with Gasteiger partial charge < -0.3 is 5.32 Å². The highest BCUT2D eigenvalue weighted by molar-refractivity contribution is 6.35. The molecule has 0 aliphatic heterocycles. The average molecular weight is 310 g/mol. The van der Waals surface area contributed by atoms with Crippen LogP contribution in [0.15, 0.2) is 36.4 Å². The molecule has 1 aliphatic carbocycles. The first-order valence-corrected chi connectivity index (χ1v) is 7.36. The summed E-state index contributed by atoms with van der Waals surface area (Å²) in [6.07, 6.45) is 2.46. The Hall–Kier alpha value is -1.09. The Kier molecular flexibility index (Phi) is 3.97. The molecule has 1 fully saturated rings. The molecule has 2 aromatic carbocycles. The van der Waals surface area contributed by atoms with E-state index in [4.69, 9.17) is 23.2 Å². The molecule has 104 valence electrons. The van der Waals surface area contributed by atoms with Gasteiger partial charge in [0, 0.05) is 33.8 Å². The number of hydrogen-bond acceptors (Lipinski definition) is 1. The van der Waals surface area contributed by atoms with Crippen LogP contribution in [0.2, 0.25) is 10.0 Å². The van der Waals surface area contributed by atoms with Gasteiger partial charge in [-0.2, -0.15) is 0 Å². The van der Waals surface area contributed by atoms with E-state index in [1.54, 1.807) is 24.3 Å². The van der Waals surface area contributed by atoms with Crippen molar-refractivity contribution < 1.29 is 4.39 Å². The van der Waals surface area contributed by atoms with Gasteiger partial charge in [-0.25, -0.2) is 4.39 Å². The van der Waals surface area contributed by atoms with Crippen molar-refractivity contribution in [3.05, 3.63) is 57.8 Å². The first-order valence-electron chi connectivity index (χ1n) is 6.61. The molecule has 3 rings (SSSR count). The van der Waals surface area contributed by atoms with Crippen LogP contribution in [0.25, 0.3) is 11.1 Å². The van der Waals surface area contributed by atoms with Crippen molar-refractivity contribution in [2.45, 2.75) is 25.4 Å². The largest absolute Gasteiger partial charge is 0.310 e. The van der Waals surface area contributed by atoms with Crippen molar-refractivity contribution in [2.24, 2.45) is 0 Å². The second kappa shape index (κ2) is 5.72. The minimum Gasteiger partial charge on any atom is -0.310 e. The Morgan fingerprint density at radius 2 is 1.85 bits per heavy atom. The molecule has 0 amide bonds. The van der Waals surface area contributed by atoms with Crippen molar-refractivity contribution >= 4 is 23.2 Å². The zero-order valence-electron chi connectivity index (χ0n) is 10.8. The van der Waals surface area contributed by atoms with Crippen LogP contribution in [0.4, 0.5) is 4.39 Å². The lowest BCUT2D eigenvalue weighted by Gasteiger charge is -2.10. The minimum absolute atomic E-state index is 0.288. The lowest BCUT2D eigenvalue weighted by atomic mass is 10.0. The summed E-state index contributed by atoms with van der Waals surface area (Å²) in [6.45, 7) is 0.746. The normalized spacial score (nSPS) is 14.6. The van der Waals surface area contributed by atoms with E-state index < -0.39 is 0 Å². The van der Waals surface area contributed by atoms with Crippen molar-refractivity contribution in [1.82, 2.24) is 5.32 Å². The van der Waals surface area contributed by atoms with Crippen LogP contribution in [0.3, 0.4) is 0 Å². The minimum atomic E-state index is -0.288. The predicted octanol–water partition coefficient (Wildman–Crippen LogP) is 5.05. The SMILES string of the molecule is Fc1ccc(CNC2CC2)cc1-c1cc(Cl)ccc1Cl. The molecule has 0 radical (unpaired) electrons. The molecule has 0 heterocycles. The smallest absolute Gasteiger partial charge is 0.131 e. The maximum absolute atomic E-state index is 14.1. The number of hydrogen-bond donors (Lipinski definition) is 1. The first-order chi connectivity index (χ1) is 9.63. The van der Waals surface area contributed by atoms with Gasteiger partial charge in [-0.3, -0.25) is 0 Å². The van der Waals surface area contributed by atoms with Gasteiger partial charge in [0.05, 0.1) is 0 Å². The van der Waals surface area contributed by atoms with Crippen LogP contribution >= 0.6 is 23.2 Å². The summed E-state index contributed by atoms with van der Waals surface area (Å²) in [7, 11) is 0. The second-order valence-corrected chi connectivity index (χ2v) is 5.94. The summed E-state index contributed by atoms with van der Waals surface area (Å²) in [5.41, 5.74) is 2.17. The summed E-state index contributed by atoms with van der Waals surface area (Å²) < 4.78 is 14.1. The molecule has 1 N–H and O–H groups in total. The molecule has 0 aromatic heterocycles. The molecule has 0 saturated heterocycles. The molecule has 20 heavy (non-hydrogen) atoms. The van der Waals surface area contributed by atoms with Gasteiger partial charge in [0.2, 0.25) is 0 Å². The molecule has 0 bridgehead atoms. The van der Waals surface area contributed by atoms with E-state index in [1.165, 1.54) is 18.9 Å². The quantitative estimate of drug-likeness (QED) is 0.833. The molecule has 0 spiro atoms. The van der Waals surface area contributed by atoms with E-state index in [1.807, 2.05) is 6.07 Å². The topological polar surface area (TPSA) is 12.0 Å². The number of nitrogens with one attached hydrogen (secondary N) is 1. The third-order valence-electron chi connectivity index (χ3n) is 3.42. The Labute approximate surface area is 127 Å². The molecule has 0 atom stereocenters. The fourth-order valence-corrected chi connectivity index (χ4v) is 2.53. The van der Waals surface area contributed by atoms with Gasteiger partial charge in [-0.05, 0) is 48.7 Å². The van der Waals surface area contributed by atoms with Gasteiger partial charge in [0.25, 0.3) is 0 Å². The Morgan fingerprint density at radius 3 is 2.60 bits per heavy atom. The van der Waals surface area contributed by atoms with E-state index in [-0.39, 0.29) is 5.82 Å². The van der Waals surface area contributed by atoms with Crippen LogP contribution in [0.5, 0.6) is 0 Å². The maximum Gasteiger partial charge on any atom is 0.131 e. The Morgan fingerprint density at radius 1 is 1.05 bits per heavy atom. The molecular weight excluding hydrogens is 296 g/mol. The lowest BCUT2D eigenvalue weighted by molar-refractivity contribution is 0.628. The molecule has 1 saturated carbocycles. The monoisotopic (exact) mass is 309 g/mol. The van der Waals surface area contributed by atoms with Crippen molar-refractivity contribution in [3.8, 4) is 11.1 Å².